The molecule has 0 atom stereocenters. The monoisotopic (exact) mass is 350 g/mol. The minimum Gasteiger partial charge on any atom is -0.490 e. The topological polar surface area (TPSA) is 38.5 Å². The van der Waals surface area contributed by atoms with E-state index in [0.717, 1.165) is 19.6 Å². The molecular weight excluding hydrogens is 334 g/mol. The standard InChI is InChI=1S/C12H16FIN2O/c13-9-7-12(11(15)8-10(9)14)17-6-5-16-3-1-2-4-16/h7-8H,1-6,15H2. The zero-order valence-electron chi connectivity index (χ0n) is 9.59. The molecule has 2 rings (SSSR count). The summed E-state index contributed by atoms with van der Waals surface area (Å²) in [5, 5.41) is 0. The normalized spacial score (nSPS) is 16.4. The SMILES string of the molecule is Nc1cc(I)c(F)cc1OCCN1CCCC1. The third kappa shape index (κ3) is 3.45. The number of benzene rings is 1. The molecule has 0 spiro atoms. The summed E-state index contributed by atoms with van der Waals surface area (Å²) in [7, 11) is 0. The number of hydrogen-bond donors (Lipinski definition) is 1. The second kappa shape index (κ2) is 5.86. The molecule has 0 aliphatic carbocycles. The minimum atomic E-state index is -0.282. The van der Waals surface area contributed by atoms with Crippen molar-refractivity contribution in [3.63, 3.8) is 0 Å². The molecule has 0 unspecified atom stereocenters. The van der Waals surface area contributed by atoms with Crippen LogP contribution in [0.25, 0.3) is 0 Å². The molecule has 17 heavy (non-hydrogen) atoms. The van der Waals surface area contributed by atoms with Gasteiger partial charge in [0.25, 0.3) is 0 Å². The Labute approximate surface area is 114 Å². The van der Waals surface area contributed by atoms with Crippen LogP contribution in [-0.2, 0) is 0 Å². The molecule has 3 nitrogen and oxygen atoms in total. The van der Waals surface area contributed by atoms with E-state index in [0.29, 0.717) is 21.6 Å². The zero-order chi connectivity index (χ0) is 12.3. The Bertz CT molecular complexity index is 394. The van der Waals surface area contributed by atoms with E-state index in [1.807, 2.05) is 22.6 Å². The van der Waals surface area contributed by atoms with Gasteiger partial charge in [-0.05, 0) is 54.6 Å². The van der Waals surface area contributed by atoms with Crippen molar-refractivity contribution in [1.29, 1.82) is 0 Å². The molecule has 1 saturated heterocycles. The van der Waals surface area contributed by atoms with Crippen LogP contribution < -0.4 is 10.5 Å². The lowest BCUT2D eigenvalue weighted by Crippen LogP contribution is -2.25. The maximum Gasteiger partial charge on any atom is 0.145 e. The third-order valence-electron chi connectivity index (χ3n) is 2.92. The maximum absolute atomic E-state index is 13.3. The van der Waals surface area contributed by atoms with E-state index in [4.69, 9.17) is 10.5 Å². The highest BCUT2D eigenvalue weighted by atomic mass is 127. The van der Waals surface area contributed by atoms with Gasteiger partial charge >= 0.3 is 0 Å². The van der Waals surface area contributed by atoms with E-state index < -0.39 is 0 Å². The summed E-state index contributed by atoms with van der Waals surface area (Å²) >= 11 is 1.92. The van der Waals surface area contributed by atoms with E-state index in [1.165, 1.54) is 18.9 Å². The molecule has 0 aromatic heterocycles. The summed E-state index contributed by atoms with van der Waals surface area (Å²) in [4.78, 5) is 2.35. The lowest BCUT2D eigenvalue weighted by Gasteiger charge is -2.15. The van der Waals surface area contributed by atoms with E-state index >= 15 is 0 Å². The van der Waals surface area contributed by atoms with E-state index in [-0.39, 0.29) is 5.82 Å². The van der Waals surface area contributed by atoms with Crippen molar-refractivity contribution in [2.24, 2.45) is 0 Å². The first kappa shape index (κ1) is 12.9. The van der Waals surface area contributed by atoms with Gasteiger partial charge < -0.3 is 10.5 Å². The second-order valence-electron chi connectivity index (χ2n) is 4.20. The molecule has 1 heterocycles. The van der Waals surface area contributed by atoms with Crippen LogP contribution >= 0.6 is 22.6 Å². The van der Waals surface area contributed by atoms with Crippen LogP contribution in [0.1, 0.15) is 12.8 Å². The number of halogens is 2. The number of hydrogen-bond acceptors (Lipinski definition) is 3. The number of nitrogen functional groups attached to an aromatic ring is 1. The fourth-order valence-corrected chi connectivity index (χ4v) is 2.45. The summed E-state index contributed by atoms with van der Waals surface area (Å²) in [5.41, 5.74) is 6.27. The minimum absolute atomic E-state index is 0.282. The summed E-state index contributed by atoms with van der Waals surface area (Å²) in [6, 6.07) is 2.96. The molecule has 2 N–H and O–H groups in total. The Morgan fingerprint density at radius 2 is 2.06 bits per heavy atom. The van der Waals surface area contributed by atoms with Gasteiger partial charge in [0.1, 0.15) is 18.2 Å². The first-order valence-corrected chi connectivity index (χ1v) is 6.84. The lowest BCUT2D eigenvalue weighted by molar-refractivity contribution is 0.238. The Balaban J connectivity index is 1.87. The first-order valence-electron chi connectivity index (χ1n) is 5.76. The predicted octanol–water partition coefficient (Wildman–Crippen LogP) is 2.49. The highest BCUT2D eigenvalue weighted by Gasteiger charge is 2.12. The van der Waals surface area contributed by atoms with Crippen LogP contribution in [0.15, 0.2) is 12.1 Å². The molecule has 94 valence electrons. The Morgan fingerprint density at radius 1 is 1.35 bits per heavy atom. The molecule has 0 saturated carbocycles. The summed E-state index contributed by atoms with van der Waals surface area (Å²) in [5.74, 6) is 0.165. The quantitative estimate of drug-likeness (QED) is 0.670. The van der Waals surface area contributed by atoms with Crippen molar-refractivity contribution in [3.8, 4) is 5.75 Å². The van der Waals surface area contributed by atoms with Crippen LogP contribution in [0.3, 0.4) is 0 Å². The van der Waals surface area contributed by atoms with Gasteiger partial charge in [-0.3, -0.25) is 4.90 Å². The summed E-state index contributed by atoms with van der Waals surface area (Å²) < 4.78 is 19.4. The Morgan fingerprint density at radius 3 is 2.76 bits per heavy atom. The van der Waals surface area contributed by atoms with Crippen LogP contribution in [-0.4, -0.2) is 31.1 Å². The van der Waals surface area contributed by atoms with Crippen LogP contribution in [0.4, 0.5) is 10.1 Å². The molecular formula is C12H16FIN2O. The van der Waals surface area contributed by atoms with Crippen molar-refractivity contribution in [1.82, 2.24) is 4.90 Å². The van der Waals surface area contributed by atoms with Crippen molar-refractivity contribution in [2.45, 2.75) is 12.8 Å². The zero-order valence-corrected chi connectivity index (χ0v) is 11.7. The third-order valence-corrected chi connectivity index (χ3v) is 3.74. The lowest BCUT2D eigenvalue weighted by atomic mass is 10.3. The first-order chi connectivity index (χ1) is 8.16. The molecule has 0 bridgehead atoms. The number of likely N-dealkylation sites (tertiary alicyclic amines) is 1. The van der Waals surface area contributed by atoms with Crippen molar-refractivity contribution in [2.75, 3.05) is 32.0 Å². The fourth-order valence-electron chi connectivity index (χ4n) is 1.96. The van der Waals surface area contributed by atoms with Gasteiger partial charge in [-0.25, -0.2) is 4.39 Å². The van der Waals surface area contributed by atoms with Gasteiger partial charge in [0.15, 0.2) is 0 Å². The smallest absolute Gasteiger partial charge is 0.145 e. The van der Waals surface area contributed by atoms with Gasteiger partial charge in [0, 0.05) is 12.6 Å². The number of rotatable bonds is 4. The van der Waals surface area contributed by atoms with Gasteiger partial charge in [0.05, 0.1) is 9.26 Å². The average molecular weight is 350 g/mol. The van der Waals surface area contributed by atoms with Crippen molar-refractivity contribution < 1.29 is 9.13 Å². The molecule has 1 aliphatic heterocycles. The van der Waals surface area contributed by atoms with Crippen LogP contribution in [0, 0.1) is 9.39 Å². The second-order valence-corrected chi connectivity index (χ2v) is 5.36. The molecule has 1 fully saturated rings. The number of ether oxygens (including phenoxy) is 1. The number of nitrogens with two attached hydrogens (primary N) is 1. The largest absolute Gasteiger partial charge is 0.490 e. The predicted molar refractivity (Wildman–Crippen MR) is 74.7 cm³/mol. The molecule has 1 aliphatic rings. The average Bonchev–Trinajstić information content (AvgIpc) is 2.78. The van der Waals surface area contributed by atoms with Crippen molar-refractivity contribution >= 4 is 28.3 Å². The number of anilines is 1. The van der Waals surface area contributed by atoms with E-state index in [9.17, 15) is 4.39 Å². The molecule has 0 amide bonds. The van der Waals surface area contributed by atoms with Crippen LogP contribution in [0.2, 0.25) is 0 Å². The molecule has 1 aromatic rings. The fraction of sp³-hybridized carbons (Fsp3) is 0.500. The maximum atomic E-state index is 13.3. The van der Waals surface area contributed by atoms with Gasteiger partial charge in [0.2, 0.25) is 0 Å². The molecule has 5 heteroatoms. The molecule has 0 radical (unpaired) electrons. The summed E-state index contributed by atoms with van der Waals surface area (Å²) in [6.07, 6.45) is 2.53. The Hall–Kier alpha value is -0.560. The van der Waals surface area contributed by atoms with E-state index in [2.05, 4.69) is 4.90 Å². The molecule has 1 aromatic carbocycles. The van der Waals surface area contributed by atoms with Gasteiger partial charge in [-0.1, -0.05) is 0 Å². The summed E-state index contributed by atoms with van der Waals surface area (Å²) in [6.45, 7) is 3.72. The Kier molecular flexibility index (Phi) is 4.44. The van der Waals surface area contributed by atoms with Gasteiger partial charge in [-0.15, -0.1) is 0 Å². The van der Waals surface area contributed by atoms with E-state index in [1.54, 1.807) is 6.07 Å². The highest BCUT2D eigenvalue weighted by molar-refractivity contribution is 14.1. The highest BCUT2D eigenvalue weighted by Crippen LogP contribution is 2.26. The number of nitrogens with zero attached hydrogens (tertiary/aromatic N) is 1. The van der Waals surface area contributed by atoms with Crippen LogP contribution in [0.5, 0.6) is 5.75 Å². The van der Waals surface area contributed by atoms with Gasteiger partial charge in [-0.2, -0.15) is 0 Å². The van der Waals surface area contributed by atoms with Crippen molar-refractivity contribution in [3.05, 3.63) is 21.5 Å².